The Morgan fingerprint density at radius 1 is 0.897 bits per heavy atom. The molecule has 0 aliphatic rings. The van der Waals surface area contributed by atoms with Gasteiger partial charge in [-0.15, -0.1) is 0 Å². The number of benzene rings is 3. The fraction of sp³-hybridized carbons (Fsp3) is 0.0870. The molecule has 0 N–H and O–H groups in total. The second-order valence-corrected chi connectivity index (χ2v) is 8.44. The average Bonchev–Trinajstić information content (AvgIpc) is 3.14. The van der Waals surface area contributed by atoms with E-state index < -0.39 is 15.8 Å². The van der Waals surface area contributed by atoms with Gasteiger partial charge in [-0.05, 0) is 42.8 Å². The van der Waals surface area contributed by atoms with E-state index in [1.807, 2.05) is 19.1 Å². The molecule has 29 heavy (non-hydrogen) atoms. The summed E-state index contributed by atoms with van der Waals surface area (Å²) < 4.78 is 33.5. The Morgan fingerprint density at radius 3 is 2.31 bits per heavy atom. The van der Waals surface area contributed by atoms with Crippen LogP contribution in [0.3, 0.4) is 0 Å². The van der Waals surface area contributed by atoms with Gasteiger partial charge < -0.3 is 4.74 Å². The van der Waals surface area contributed by atoms with Gasteiger partial charge in [-0.1, -0.05) is 48.5 Å². The van der Waals surface area contributed by atoms with E-state index >= 15 is 0 Å². The Balaban J connectivity index is 2.01. The normalized spacial score (nSPS) is 11.5. The molecule has 0 unspecified atom stereocenters. The number of hydrogen-bond donors (Lipinski definition) is 0. The van der Waals surface area contributed by atoms with Crippen molar-refractivity contribution in [2.24, 2.45) is 0 Å². The van der Waals surface area contributed by atoms with Crippen LogP contribution in [-0.4, -0.2) is 25.3 Å². The van der Waals surface area contributed by atoms with Crippen molar-refractivity contribution in [2.75, 3.05) is 7.11 Å². The van der Waals surface area contributed by atoms with Gasteiger partial charge in [-0.3, -0.25) is 4.79 Å². The minimum Gasteiger partial charge on any atom is -0.496 e. The zero-order chi connectivity index (χ0) is 20.6. The molecular formula is C23H19NO4S. The Labute approximate surface area is 169 Å². The lowest BCUT2D eigenvalue weighted by molar-refractivity contribution is 0.103. The maximum absolute atomic E-state index is 13.5. The number of rotatable bonds is 5. The molecule has 0 spiro atoms. The van der Waals surface area contributed by atoms with Crippen LogP contribution in [0.15, 0.2) is 83.8 Å². The van der Waals surface area contributed by atoms with E-state index in [0.717, 1.165) is 9.54 Å². The van der Waals surface area contributed by atoms with Crippen LogP contribution < -0.4 is 4.74 Å². The Kier molecular flexibility index (Phi) is 4.72. The molecular weight excluding hydrogens is 386 g/mol. The number of ketones is 1. The van der Waals surface area contributed by atoms with Crippen LogP contribution in [0.4, 0.5) is 0 Å². The minimum absolute atomic E-state index is 0.0685. The quantitative estimate of drug-likeness (QED) is 0.461. The topological polar surface area (TPSA) is 65.4 Å². The van der Waals surface area contributed by atoms with Gasteiger partial charge in [0.2, 0.25) is 5.78 Å². The number of para-hydroxylation sites is 2. The number of nitrogens with zero attached hydrogens (tertiary/aromatic N) is 1. The molecule has 4 aromatic rings. The summed E-state index contributed by atoms with van der Waals surface area (Å²) in [7, 11) is -2.49. The molecule has 0 fully saturated rings. The number of aromatic nitrogens is 1. The van der Waals surface area contributed by atoms with Gasteiger partial charge in [0.05, 0.1) is 23.1 Å². The van der Waals surface area contributed by atoms with E-state index in [0.29, 0.717) is 22.2 Å². The Morgan fingerprint density at radius 2 is 1.59 bits per heavy atom. The third kappa shape index (κ3) is 3.11. The van der Waals surface area contributed by atoms with E-state index in [9.17, 15) is 13.2 Å². The van der Waals surface area contributed by atoms with Crippen LogP contribution >= 0.6 is 0 Å². The maximum atomic E-state index is 13.5. The van der Waals surface area contributed by atoms with Crippen molar-refractivity contribution in [2.45, 2.75) is 11.8 Å². The molecule has 0 radical (unpaired) electrons. The summed E-state index contributed by atoms with van der Waals surface area (Å²) in [5.41, 5.74) is 1.64. The molecule has 0 amide bonds. The Hall–Kier alpha value is -3.38. The summed E-state index contributed by atoms with van der Waals surface area (Å²) in [6.07, 6.45) is 0. The zero-order valence-corrected chi connectivity index (χ0v) is 16.8. The highest BCUT2D eigenvalue weighted by molar-refractivity contribution is 7.90. The van der Waals surface area contributed by atoms with Crippen molar-refractivity contribution in [3.8, 4) is 5.75 Å². The Bertz CT molecular complexity index is 1320. The third-order valence-electron chi connectivity index (χ3n) is 4.84. The highest BCUT2D eigenvalue weighted by Gasteiger charge is 2.28. The van der Waals surface area contributed by atoms with Crippen molar-refractivity contribution < 1.29 is 17.9 Å². The molecule has 1 aromatic heterocycles. The van der Waals surface area contributed by atoms with Crippen molar-refractivity contribution in [1.29, 1.82) is 0 Å². The van der Waals surface area contributed by atoms with Crippen LogP contribution in [0.5, 0.6) is 5.75 Å². The second-order valence-electron chi connectivity index (χ2n) is 6.66. The zero-order valence-electron chi connectivity index (χ0n) is 16.0. The van der Waals surface area contributed by atoms with Gasteiger partial charge in [0.25, 0.3) is 10.0 Å². The average molecular weight is 405 g/mol. The highest BCUT2D eigenvalue weighted by Crippen LogP contribution is 2.30. The first-order chi connectivity index (χ1) is 13.9. The van der Waals surface area contributed by atoms with Crippen LogP contribution in [0.1, 0.15) is 21.6 Å². The monoisotopic (exact) mass is 405 g/mol. The third-order valence-corrected chi connectivity index (χ3v) is 6.58. The van der Waals surface area contributed by atoms with Crippen LogP contribution in [-0.2, 0) is 10.0 Å². The molecule has 146 valence electrons. The summed E-state index contributed by atoms with van der Waals surface area (Å²) in [5, 5.41) is 0.668. The summed E-state index contributed by atoms with van der Waals surface area (Å²) in [6, 6.07) is 22.0. The van der Waals surface area contributed by atoms with E-state index in [2.05, 4.69) is 0 Å². The molecule has 0 bridgehead atoms. The second kappa shape index (κ2) is 7.22. The van der Waals surface area contributed by atoms with Gasteiger partial charge in [0.1, 0.15) is 11.4 Å². The molecule has 0 aliphatic heterocycles. The number of ether oxygens (including phenoxy) is 1. The smallest absolute Gasteiger partial charge is 0.268 e. The van der Waals surface area contributed by atoms with Gasteiger partial charge in [0, 0.05) is 5.39 Å². The first kappa shape index (κ1) is 19.0. The molecule has 0 saturated carbocycles. The standard InChI is InChI=1S/C23H19NO4S/c1-16-9-8-13-19(23(16)28-2)22(25)21-15-17-10-6-7-14-20(17)24(21)29(26,27)18-11-4-3-5-12-18/h3-15H,1-2H3. The number of aryl methyl sites for hydroxylation is 1. The number of carbonyl (C=O) groups is 1. The lowest BCUT2D eigenvalue weighted by Gasteiger charge is -2.14. The maximum Gasteiger partial charge on any atom is 0.268 e. The van der Waals surface area contributed by atoms with E-state index in [1.165, 1.54) is 19.2 Å². The van der Waals surface area contributed by atoms with Gasteiger partial charge in [0.15, 0.2) is 0 Å². The van der Waals surface area contributed by atoms with Crippen LogP contribution in [0.2, 0.25) is 0 Å². The summed E-state index contributed by atoms with van der Waals surface area (Å²) >= 11 is 0. The van der Waals surface area contributed by atoms with Gasteiger partial charge >= 0.3 is 0 Å². The van der Waals surface area contributed by atoms with Crippen molar-refractivity contribution >= 4 is 26.7 Å². The molecule has 0 atom stereocenters. The van der Waals surface area contributed by atoms with Crippen LogP contribution in [0.25, 0.3) is 10.9 Å². The molecule has 1 heterocycles. The molecule has 5 nitrogen and oxygen atoms in total. The molecule has 6 heteroatoms. The predicted molar refractivity (Wildman–Crippen MR) is 112 cm³/mol. The number of hydrogen-bond acceptors (Lipinski definition) is 4. The highest BCUT2D eigenvalue weighted by atomic mass is 32.2. The van der Waals surface area contributed by atoms with E-state index in [-0.39, 0.29) is 10.6 Å². The fourth-order valence-corrected chi connectivity index (χ4v) is 5.02. The molecule has 4 rings (SSSR count). The summed E-state index contributed by atoms with van der Waals surface area (Å²) in [4.78, 5) is 13.6. The fourth-order valence-electron chi connectivity index (χ4n) is 3.49. The SMILES string of the molecule is COc1c(C)cccc1C(=O)c1cc2ccccc2n1S(=O)(=O)c1ccccc1. The van der Waals surface area contributed by atoms with Gasteiger partial charge in [-0.25, -0.2) is 12.4 Å². The summed E-state index contributed by atoms with van der Waals surface area (Å²) in [5.74, 6) is 0.0210. The van der Waals surface area contributed by atoms with Crippen LogP contribution in [0, 0.1) is 6.92 Å². The number of fused-ring (bicyclic) bond motifs is 1. The predicted octanol–water partition coefficient (Wildman–Crippen LogP) is 4.43. The van der Waals surface area contributed by atoms with Crippen molar-refractivity contribution in [3.63, 3.8) is 0 Å². The van der Waals surface area contributed by atoms with Gasteiger partial charge in [-0.2, -0.15) is 0 Å². The number of carbonyl (C=O) groups excluding carboxylic acids is 1. The lowest BCUT2D eigenvalue weighted by Crippen LogP contribution is -2.19. The lowest BCUT2D eigenvalue weighted by atomic mass is 10.0. The van der Waals surface area contributed by atoms with Crippen molar-refractivity contribution in [1.82, 2.24) is 3.97 Å². The first-order valence-corrected chi connectivity index (χ1v) is 10.5. The molecule has 0 aliphatic carbocycles. The first-order valence-electron chi connectivity index (χ1n) is 9.04. The molecule has 3 aromatic carbocycles. The molecule has 0 saturated heterocycles. The number of methoxy groups -OCH3 is 1. The minimum atomic E-state index is -3.98. The van der Waals surface area contributed by atoms with E-state index in [1.54, 1.807) is 54.6 Å². The van der Waals surface area contributed by atoms with Crippen molar-refractivity contribution in [3.05, 3.63) is 95.7 Å². The largest absolute Gasteiger partial charge is 0.496 e. The van der Waals surface area contributed by atoms with E-state index in [4.69, 9.17) is 4.74 Å². The summed E-state index contributed by atoms with van der Waals surface area (Å²) in [6.45, 7) is 1.84.